The summed E-state index contributed by atoms with van der Waals surface area (Å²) >= 11 is 0. The van der Waals surface area contributed by atoms with E-state index < -0.39 is 98.5 Å². The Labute approximate surface area is 225 Å². The Morgan fingerprint density at radius 1 is 0.795 bits per heavy atom. The highest BCUT2D eigenvalue weighted by Gasteiger charge is 2.56. The van der Waals surface area contributed by atoms with Gasteiger partial charge in [-0.1, -0.05) is 6.08 Å². The van der Waals surface area contributed by atoms with Gasteiger partial charge in [0.05, 0.1) is 13.2 Å². The van der Waals surface area contributed by atoms with Gasteiger partial charge in [-0.15, -0.1) is 6.58 Å². The Morgan fingerprint density at radius 2 is 1.36 bits per heavy atom. The average molecular weight is 565 g/mol. The second-order valence-corrected chi connectivity index (χ2v) is 8.71. The number of hydrogen-bond donors (Lipinski definition) is 2. The van der Waals surface area contributed by atoms with Crippen LogP contribution in [0.2, 0.25) is 0 Å². The van der Waals surface area contributed by atoms with Crippen molar-refractivity contribution in [3.05, 3.63) is 12.7 Å². The topological polar surface area (TPSA) is 192 Å². The van der Waals surface area contributed by atoms with Crippen molar-refractivity contribution in [1.29, 1.82) is 0 Å². The molecule has 15 heteroatoms. The van der Waals surface area contributed by atoms with Crippen molar-refractivity contribution >= 4 is 23.9 Å². The highest BCUT2D eigenvalue weighted by molar-refractivity contribution is 5.68. The number of aliphatic hydroxyl groups excluding tert-OH is 2. The zero-order chi connectivity index (χ0) is 29.3. The standard InChI is InChI=1S/C24H36O15/c1-7-8-32-21-19(17(30)15(9-25)37-23(21)31-6)39-24-22(36-14(5)29)20(35-13(4)28)18(34-12(3)27)16(38-24)10-33-11(2)26/h7,15-25,30H,1,8-10H2,2-6H3/t15-,16+,17-,18-,19+,20-,21-,22-,23-,24-/m0/s1. The fourth-order valence-electron chi connectivity index (χ4n) is 4.20. The van der Waals surface area contributed by atoms with Crippen LogP contribution >= 0.6 is 0 Å². The third-order valence-electron chi connectivity index (χ3n) is 5.68. The molecular formula is C24H36O15. The Balaban J connectivity index is 2.54. The van der Waals surface area contributed by atoms with Gasteiger partial charge in [0, 0.05) is 34.8 Å². The molecule has 2 saturated heterocycles. The number of ether oxygens (including phenoxy) is 9. The van der Waals surface area contributed by atoms with Gasteiger partial charge >= 0.3 is 23.9 Å². The minimum absolute atomic E-state index is 0.0111. The van der Waals surface area contributed by atoms with Crippen LogP contribution in [0.4, 0.5) is 0 Å². The lowest BCUT2D eigenvalue weighted by Crippen LogP contribution is -2.66. The van der Waals surface area contributed by atoms with Crippen molar-refractivity contribution in [1.82, 2.24) is 0 Å². The Bertz CT molecular complexity index is 862. The molecule has 0 aromatic heterocycles. The van der Waals surface area contributed by atoms with Crippen LogP contribution in [-0.4, -0.2) is 122 Å². The molecule has 0 radical (unpaired) electrons. The molecule has 0 amide bonds. The van der Waals surface area contributed by atoms with Crippen LogP contribution in [0, 0.1) is 0 Å². The molecule has 0 bridgehead atoms. The number of hydrogen-bond acceptors (Lipinski definition) is 15. The molecule has 0 unspecified atom stereocenters. The van der Waals surface area contributed by atoms with Crippen LogP contribution in [0.1, 0.15) is 27.7 Å². The van der Waals surface area contributed by atoms with E-state index in [2.05, 4.69) is 6.58 Å². The first-order chi connectivity index (χ1) is 18.4. The van der Waals surface area contributed by atoms with Crippen molar-refractivity contribution in [2.24, 2.45) is 0 Å². The Hall–Kier alpha value is -2.66. The van der Waals surface area contributed by atoms with E-state index in [1.807, 2.05) is 0 Å². The second kappa shape index (κ2) is 15.2. The average Bonchev–Trinajstić information content (AvgIpc) is 2.85. The van der Waals surface area contributed by atoms with Gasteiger partial charge in [0.25, 0.3) is 0 Å². The molecule has 0 aliphatic carbocycles. The van der Waals surface area contributed by atoms with Crippen molar-refractivity contribution < 1.29 is 72.0 Å². The van der Waals surface area contributed by atoms with E-state index in [0.29, 0.717) is 0 Å². The Morgan fingerprint density at radius 3 is 1.87 bits per heavy atom. The van der Waals surface area contributed by atoms with E-state index in [4.69, 9.17) is 42.6 Å². The van der Waals surface area contributed by atoms with Crippen LogP contribution < -0.4 is 0 Å². The third kappa shape index (κ3) is 8.93. The summed E-state index contributed by atoms with van der Waals surface area (Å²) in [6.07, 6.45) is -12.1. The van der Waals surface area contributed by atoms with Crippen LogP contribution in [-0.2, 0) is 61.8 Å². The van der Waals surface area contributed by atoms with Gasteiger partial charge in [-0.2, -0.15) is 0 Å². The molecule has 2 aliphatic heterocycles. The maximum Gasteiger partial charge on any atom is 0.303 e. The zero-order valence-corrected chi connectivity index (χ0v) is 22.4. The monoisotopic (exact) mass is 564 g/mol. The largest absolute Gasteiger partial charge is 0.463 e. The van der Waals surface area contributed by atoms with E-state index in [-0.39, 0.29) is 6.61 Å². The molecule has 222 valence electrons. The SMILES string of the molecule is C=CCO[C@@H]1[C@@H](OC)O[C@@H](CO)[C@H](O)[C@H]1O[C@@H]1O[C@H](COC(C)=O)[C@H](OC(C)=O)[C@H](OC(C)=O)[C@@H]1OC(C)=O. The molecule has 15 nitrogen and oxygen atoms in total. The summed E-state index contributed by atoms with van der Waals surface area (Å²) in [5, 5.41) is 20.7. The van der Waals surface area contributed by atoms with E-state index in [1.54, 1.807) is 0 Å². The minimum atomic E-state index is -1.60. The molecule has 0 saturated carbocycles. The maximum atomic E-state index is 12.1. The van der Waals surface area contributed by atoms with Crippen LogP contribution in [0.25, 0.3) is 0 Å². The molecule has 2 rings (SSSR count). The molecule has 0 aromatic carbocycles. The van der Waals surface area contributed by atoms with E-state index in [9.17, 15) is 29.4 Å². The first-order valence-electron chi connectivity index (χ1n) is 12.1. The van der Waals surface area contributed by atoms with Crippen LogP contribution in [0.3, 0.4) is 0 Å². The molecule has 2 aliphatic rings. The fraction of sp³-hybridized carbons (Fsp3) is 0.750. The molecule has 0 spiro atoms. The molecule has 2 heterocycles. The lowest BCUT2D eigenvalue weighted by Gasteiger charge is -2.48. The lowest BCUT2D eigenvalue weighted by molar-refractivity contribution is -0.362. The van der Waals surface area contributed by atoms with Gasteiger partial charge in [0.2, 0.25) is 0 Å². The van der Waals surface area contributed by atoms with Crippen molar-refractivity contribution in [2.75, 3.05) is 26.9 Å². The Kier molecular flexibility index (Phi) is 12.7. The summed E-state index contributed by atoms with van der Waals surface area (Å²) in [6.45, 7) is 6.88. The van der Waals surface area contributed by atoms with Crippen molar-refractivity contribution in [3.8, 4) is 0 Å². The van der Waals surface area contributed by atoms with E-state index in [0.717, 1.165) is 27.7 Å². The summed E-state index contributed by atoms with van der Waals surface area (Å²) in [5.74, 6) is -3.13. The first kappa shape index (κ1) is 32.6. The normalized spacial score (nSPS) is 34.4. The van der Waals surface area contributed by atoms with Gasteiger partial charge < -0.3 is 52.8 Å². The maximum absolute atomic E-state index is 12.1. The molecule has 2 fully saturated rings. The van der Waals surface area contributed by atoms with Gasteiger partial charge in [0.1, 0.15) is 37.1 Å². The van der Waals surface area contributed by atoms with Crippen molar-refractivity contribution in [2.45, 2.75) is 89.1 Å². The van der Waals surface area contributed by atoms with Gasteiger partial charge in [-0.3, -0.25) is 19.2 Å². The van der Waals surface area contributed by atoms with E-state index >= 15 is 0 Å². The predicted octanol–water partition coefficient (Wildman–Crippen LogP) is -1.25. The lowest BCUT2D eigenvalue weighted by atomic mass is 9.96. The van der Waals surface area contributed by atoms with Gasteiger partial charge in [-0.25, -0.2) is 0 Å². The summed E-state index contributed by atoms with van der Waals surface area (Å²) in [4.78, 5) is 47.5. The first-order valence-corrected chi connectivity index (χ1v) is 12.1. The quantitative estimate of drug-likeness (QED) is 0.162. The molecule has 0 aromatic rings. The molecular weight excluding hydrogens is 528 g/mol. The number of methoxy groups -OCH3 is 1. The van der Waals surface area contributed by atoms with E-state index in [1.165, 1.54) is 13.2 Å². The summed E-state index contributed by atoms with van der Waals surface area (Å²) < 4.78 is 49.8. The minimum Gasteiger partial charge on any atom is -0.463 e. The molecule has 39 heavy (non-hydrogen) atoms. The molecule has 2 N–H and O–H groups in total. The number of esters is 4. The number of carbonyl (C=O) groups is 4. The fourth-order valence-corrected chi connectivity index (χ4v) is 4.20. The highest BCUT2D eigenvalue weighted by Crippen LogP contribution is 2.34. The van der Waals surface area contributed by atoms with Gasteiger partial charge in [0.15, 0.2) is 30.9 Å². The number of carbonyl (C=O) groups excluding carboxylic acids is 4. The third-order valence-corrected chi connectivity index (χ3v) is 5.68. The smallest absolute Gasteiger partial charge is 0.303 e. The zero-order valence-electron chi connectivity index (χ0n) is 22.4. The second-order valence-electron chi connectivity index (χ2n) is 8.71. The summed E-state index contributed by atoms with van der Waals surface area (Å²) in [7, 11) is 1.31. The van der Waals surface area contributed by atoms with Gasteiger partial charge in [-0.05, 0) is 0 Å². The molecule has 10 atom stereocenters. The van der Waals surface area contributed by atoms with Crippen LogP contribution in [0.5, 0.6) is 0 Å². The number of aliphatic hydroxyl groups is 2. The van der Waals surface area contributed by atoms with Crippen LogP contribution in [0.15, 0.2) is 12.7 Å². The number of rotatable bonds is 12. The van der Waals surface area contributed by atoms with Crippen molar-refractivity contribution in [3.63, 3.8) is 0 Å². The summed E-state index contributed by atoms with van der Waals surface area (Å²) in [5.41, 5.74) is 0. The highest BCUT2D eigenvalue weighted by atomic mass is 16.8. The summed E-state index contributed by atoms with van der Waals surface area (Å²) in [6, 6.07) is 0. The predicted molar refractivity (Wildman–Crippen MR) is 126 cm³/mol.